The van der Waals surface area contributed by atoms with Crippen LogP contribution < -0.4 is 10.2 Å². The molecule has 1 aromatic heterocycles. The maximum atomic E-state index is 11.5. The Morgan fingerprint density at radius 1 is 1.12 bits per heavy atom. The molecular formula is C26H32N4O2S. The molecule has 7 heteroatoms. The van der Waals surface area contributed by atoms with Crippen molar-refractivity contribution in [1.82, 2.24) is 15.2 Å². The van der Waals surface area contributed by atoms with Crippen LogP contribution >= 0.6 is 11.3 Å². The van der Waals surface area contributed by atoms with Crippen molar-refractivity contribution in [3.63, 3.8) is 0 Å². The number of likely N-dealkylation sites (tertiary alicyclic amines) is 1. The SMILES string of the molecule is CC(=O)NC1CCN(c2cccc(C(OC3CCN(C)CC3)c3nc4ccccc4s3)c2)C1. The second-order valence-corrected chi connectivity index (χ2v) is 10.3. The van der Waals surface area contributed by atoms with Crippen LogP contribution in [0.25, 0.3) is 10.2 Å². The summed E-state index contributed by atoms with van der Waals surface area (Å²) < 4.78 is 7.97. The highest BCUT2D eigenvalue weighted by molar-refractivity contribution is 7.18. The van der Waals surface area contributed by atoms with Crippen LogP contribution in [-0.4, -0.2) is 61.2 Å². The molecule has 3 heterocycles. The molecule has 2 saturated heterocycles. The van der Waals surface area contributed by atoms with Crippen molar-refractivity contribution >= 4 is 33.1 Å². The molecular weight excluding hydrogens is 432 g/mol. The third-order valence-corrected chi connectivity index (χ3v) is 7.74. The fourth-order valence-corrected chi connectivity index (χ4v) is 5.91. The number of benzene rings is 2. The monoisotopic (exact) mass is 464 g/mol. The second-order valence-electron chi connectivity index (χ2n) is 9.27. The number of nitrogens with one attached hydrogen (secondary N) is 1. The quantitative estimate of drug-likeness (QED) is 0.592. The van der Waals surface area contributed by atoms with E-state index in [1.165, 1.54) is 10.4 Å². The van der Waals surface area contributed by atoms with E-state index < -0.39 is 0 Å². The molecule has 2 aromatic carbocycles. The summed E-state index contributed by atoms with van der Waals surface area (Å²) in [6, 6.07) is 17.2. The number of nitrogens with zero attached hydrogens (tertiary/aromatic N) is 3. The van der Waals surface area contributed by atoms with Gasteiger partial charge in [0.15, 0.2) is 0 Å². The maximum Gasteiger partial charge on any atom is 0.217 e. The average Bonchev–Trinajstić information content (AvgIpc) is 3.45. The molecule has 0 radical (unpaired) electrons. The van der Waals surface area contributed by atoms with Gasteiger partial charge in [0, 0.05) is 44.8 Å². The first-order valence-electron chi connectivity index (χ1n) is 11.9. The van der Waals surface area contributed by atoms with Crippen molar-refractivity contribution in [3.8, 4) is 0 Å². The van der Waals surface area contributed by atoms with E-state index in [9.17, 15) is 4.79 Å². The lowest BCUT2D eigenvalue weighted by atomic mass is 10.1. The molecule has 6 nitrogen and oxygen atoms in total. The van der Waals surface area contributed by atoms with Crippen molar-refractivity contribution in [2.45, 2.75) is 44.4 Å². The Morgan fingerprint density at radius 2 is 1.94 bits per heavy atom. The predicted molar refractivity (Wildman–Crippen MR) is 134 cm³/mol. The van der Waals surface area contributed by atoms with Crippen molar-refractivity contribution in [2.24, 2.45) is 0 Å². The highest BCUT2D eigenvalue weighted by atomic mass is 32.1. The number of amides is 1. The summed E-state index contributed by atoms with van der Waals surface area (Å²) in [7, 11) is 2.18. The summed E-state index contributed by atoms with van der Waals surface area (Å²) in [5, 5.41) is 4.08. The first kappa shape index (κ1) is 22.3. The molecule has 33 heavy (non-hydrogen) atoms. The number of fused-ring (bicyclic) bond motifs is 1. The molecule has 2 fully saturated rings. The summed E-state index contributed by atoms with van der Waals surface area (Å²) in [6.45, 7) is 5.50. The molecule has 2 aliphatic heterocycles. The van der Waals surface area contributed by atoms with Crippen LogP contribution in [0.1, 0.15) is 42.9 Å². The largest absolute Gasteiger partial charge is 0.369 e. The van der Waals surface area contributed by atoms with Crippen molar-refractivity contribution in [3.05, 3.63) is 59.1 Å². The van der Waals surface area contributed by atoms with Gasteiger partial charge in [0.25, 0.3) is 0 Å². The molecule has 0 bridgehead atoms. The van der Waals surface area contributed by atoms with Gasteiger partial charge in [-0.25, -0.2) is 4.98 Å². The van der Waals surface area contributed by atoms with Gasteiger partial charge in [-0.2, -0.15) is 0 Å². The molecule has 0 spiro atoms. The van der Waals surface area contributed by atoms with Crippen molar-refractivity contribution in [2.75, 3.05) is 38.1 Å². The molecule has 0 aliphatic carbocycles. The zero-order valence-electron chi connectivity index (χ0n) is 19.4. The van der Waals surface area contributed by atoms with Gasteiger partial charge in [-0.1, -0.05) is 24.3 Å². The summed E-state index contributed by atoms with van der Waals surface area (Å²) >= 11 is 1.73. The zero-order chi connectivity index (χ0) is 22.8. The van der Waals surface area contributed by atoms with E-state index in [-0.39, 0.29) is 24.2 Å². The normalized spacial score (nSPS) is 20.9. The van der Waals surface area contributed by atoms with Crippen molar-refractivity contribution in [1.29, 1.82) is 0 Å². The Kier molecular flexibility index (Phi) is 6.62. The van der Waals surface area contributed by atoms with Gasteiger partial charge in [0.1, 0.15) is 11.1 Å². The molecule has 1 N–H and O–H groups in total. The highest BCUT2D eigenvalue weighted by Crippen LogP contribution is 2.36. The molecule has 1 amide bonds. The van der Waals surface area contributed by atoms with Crippen LogP contribution in [0.15, 0.2) is 48.5 Å². The molecule has 2 unspecified atom stereocenters. The van der Waals surface area contributed by atoms with E-state index >= 15 is 0 Å². The van der Waals surface area contributed by atoms with Crippen LogP contribution in [0.5, 0.6) is 0 Å². The van der Waals surface area contributed by atoms with Crippen LogP contribution in [0.4, 0.5) is 5.69 Å². The smallest absolute Gasteiger partial charge is 0.217 e. The van der Waals surface area contributed by atoms with Gasteiger partial charge < -0.3 is 19.9 Å². The number of piperidine rings is 1. The number of anilines is 1. The van der Waals surface area contributed by atoms with Gasteiger partial charge in [-0.05, 0) is 56.1 Å². The lowest BCUT2D eigenvalue weighted by molar-refractivity contribution is -0.119. The number of carbonyl (C=O) groups excluding carboxylic acids is 1. The predicted octanol–water partition coefficient (Wildman–Crippen LogP) is 4.21. The van der Waals surface area contributed by atoms with Gasteiger partial charge in [-0.3, -0.25) is 4.79 Å². The Hall–Kier alpha value is -2.48. The summed E-state index contributed by atoms with van der Waals surface area (Å²) in [4.78, 5) is 21.2. The topological polar surface area (TPSA) is 57.7 Å². The van der Waals surface area contributed by atoms with E-state index in [4.69, 9.17) is 9.72 Å². The fourth-order valence-electron chi connectivity index (χ4n) is 4.88. The van der Waals surface area contributed by atoms with Crippen LogP contribution in [0, 0.1) is 0 Å². The molecule has 5 rings (SSSR count). The van der Waals surface area contributed by atoms with Crippen LogP contribution in [0.3, 0.4) is 0 Å². The van der Waals surface area contributed by atoms with E-state index in [1.54, 1.807) is 18.3 Å². The molecule has 174 valence electrons. The fraction of sp³-hybridized carbons (Fsp3) is 0.462. The Labute approximate surface area is 199 Å². The van der Waals surface area contributed by atoms with E-state index in [2.05, 4.69) is 64.6 Å². The van der Waals surface area contributed by atoms with E-state index in [1.807, 2.05) is 6.07 Å². The second kappa shape index (κ2) is 9.79. The van der Waals surface area contributed by atoms with Crippen LogP contribution in [-0.2, 0) is 9.53 Å². The summed E-state index contributed by atoms with van der Waals surface area (Å²) in [5.41, 5.74) is 3.36. The molecule has 2 aliphatic rings. The number of para-hydroxylation sites is 1. The molecule has 3 aromatic rings. The number of carbonyl (C=O) groups is 1. The molecule has 0 saturated carbocycles. The first-order chi connectivity index (χ1) is 16.0. The van der Waals surface area contributed by atoms with Gasteiger partial charge in [-0.15, -0.1) is 11.3 Å². The number of ether oxygens (including phenoxy) is 1. The van der Waals surface area contributed by atoms with Gasteiger partial charge in [0.2, 0.25) is 5.91 Å². The van der Waals surface area contributed by atoms with E-state index in [0.29, 0.717) is 0 Å². The third-order valence-electron chi connectivity index (χ3n) is 6.66. The minimum absolute atomic E-state index is 0.0398. The third kappa shape index (κ3) is 5.21. The number of aromatic nitrogens is 1. The average molecular weight is 465 g/mol. The minimum Gasteiger partial charge on any atom is -0.369 e. The Bertz CT molecular complexity index is 1080. The number of hydrogen-bond acceptors (Lipinski definition) is 6. The van der Waals surface area contributed by atoms with E-state index in [0.717, 1.165) is 61.5 Å². The summed E-state index contributed by atoms with van der Waals surface area (Å²) in [6.07, 6.45) is 3.11. The Morgan fingerprint density at radius 3 is 2.73 bits per heavy atom. The van der Waals surface area contributed by atoms with Crippen LogP contribution in [0.2, 0.25) is 0 Å². The lowest BCUT2D eigenvalue weighted by Crippen LogP contribution is -2.35. The number of rotatable bonds is 6. The minimum atomic E-state index is -0.176. The van der Waals surface area contributed by atoms with Crippen molar-refractivity contribution < 1.29 is 9.53 Å². The Balaban J connectivity index is 1.42. The molecule has 2 atom stereocenters. The number of thiazole rings is 1. The first-order valence-corrected chi connectivity index (χ1v) is 12.7. The summed E-state index contributed by atoms with van der Waals surface area (Å²) in [5.74, 6) is 0.0398. The van der Waals surface area contributed by atoms with Gasteiger partial charge in [0.05, 0.1) is 16.3 Å². The highest BCUT2D eigenvalue weighted by Gasteiger charge is 2.28. The zero-order valence-corrected chi connectivity index (χ0v) is 20.2. The standard InChI is InChI=1S/C26H32N4O2S/c1-18(31)27-20-10-15-30(17-20)21-7-5-6-19(16-21)25(32-22-11-13-29(2)14-12-22)26-28-23-8-3-4-9-24(23)33-26/h3-9,16,20,22,25H,10-15,17H2,1-2H3,(H,27,31). The lowest BCUT2D eigenvalue weighted by Gasteiger charge is -2.31. The maximum absolute atomic E-state index is 11.5. The van der Waals surface area contributed by atoms with Gasteiger partial charge >= 0.3 is 0 Å². The number of hydrogen-bond donors (Lipinski definition) is 1.